The Morgan fingerprint density at radius 2 is 2.03 bits per heavy atom. The highest BCUT2D eigenvalue weighted by Crippen LogP contribution is 2.48. The first kappa shape index (κ1) is 18.5. The Hall–Kier alpha value is -3.48. The number of carbonyl (C=O) groups excluding carboxylic acids is 2. The van der Waals surface area contributed by atoms with Gasteiger partial charge < -0.3 is 14.8 Å². The molecule has 2 atom stereocenters. The molecule has 154 valence electrons. The number of ether oxygens (including phenoxy) is 1. The first-order valence-corrected chi connectivity index (χ1v) is 10.0. The fourth-order valence-corrected chi connectivity index (χ4v) is 4.89. The number of hydrogen-bond acceptors (Lipinski definition) is 4. The third kappa shape index (κ3) is 2.38. The van der Waals surface area contributed by atoms with Gasteiger partial charge in [0.25, 0.3) is 5.91 Å². The zero-order valence-electron chi connectivity index (χ0n) is 17.1. The van der Waals surface area contributed by atoms with E-state index >= 15 is 0 Å². The smallest absolute Gasteiger partial charge is 0.328 e. The summed E-state index contributed by atoms with van der Waals surface area (Å²) in [5, 5.41) is 11.1. The summed E-state index contributed by atoms with van der Waals surface area (Å²) in [7, 11) is 1.52. The van der Waals surface area contributed by atoms with E-state index < -0.39 is 11.6 Å². The molecule has 0 bridgehead atoms. The highest BCUT2D eigenvalue weighted by molar-refractivity contribution is 6.08. The Morgan fingerprint density at radius 3 is 2.77 bits per heavy atom. The number of phenols is 1. The number of benzene rings is 2. The predicted molar refractivity (Wildman–Crippen MR) is 112 cm³/mol. The van der Waals surface area contributed by atoms with E-state index in [1.807, 2.05) is 38.1 Å². The van der Waals surface area contributed by atoms with E-state index in [0.29, 0.717) is 13.0 Å². The lowest BCUT2D eigenvalue weighted by atomic mass is 9.81. The van der Waals surface area contributed by atoms with Gasteiger partial charge in [0.05, 0.1) is 6.61 Å². The summed E-state index contributed by atoms with van der Waals surface area (Å²) in [4.78, 5) is 32.6. The van der Waals surface area contributed by atoms with Crippen molar-refractivity contribution in [3.8, 4) is 11.5 Å². The van der Waals surface area contributed by atoms with Crippen molar-refractivity contribution in [1.29, 1.82) is 0 Å². The number of aromatic hydroxyl groups is 1. The molecule has 1 fully saturated rings. The van der Waals surface area contributed by atoms with Gasteiger partial charge in [0.1, 0.15) is 23.1 Å². The number of hydrogen-bond donors (Lipinski definition) is 2. The van der Waals surface area contributed by atoms with Crippen LogP contribution in [0.4, 0.5) is 4.79 Å². The van der Waals surface area contributed by atoms with Gasteiger partial charge in [0.2, 0.25) is 0 Å². The molecule has 7 heteroatoms. The van der Waals surface area contributed by atoms with Crippen LogP contribution in [0.1, 0.15) is 36.7 Å². The van der Waals surface area contributed by atoms with Crippen molar-refractivity contribution in [3.05, 3.63) is 59.3 Å². The molecule has 2 aliphatic rings. The van der Waals surface area contributed by atoms with Crippen LogP contribution in [-0.2, 0) is 11.2 Å². The van der Waals surface area contributed by atoms with Crippen LogP contribution in [-0.4, -0.2) is 51.0 Å². The molecule has 3 heterocycles. The Bertz CT molecular complexity index is 1200. The lowest BCUT2D eigenvalue weighted by Gasteiger charge is -2.42. The largest absolute Gasteiger partial charge is 0.508 e. The second kappa shape index (κ2) is 6.26. The van der Waals surface area contributed by atoms with Gasteiger partial charge in [-0.3, -0.25) is 14.6 Å². The lowest BCUT2D eigenvalue weighted by molar-refractivity contribution is -0.132. The van der Waals surface area contributed by atoms with Crippen molar-refractivity contribution in [2.24, 2.45) is 0 Å². The lowest BCUT2D eigenvalue weighted by Crippen LogP contribution is -2.53. The Labute approximate surface area is 173 Å². The van der Waals surface area contributed by atoms with Crippen molar-refractivity contribution < 1.29 is 19.4 Å². The van der Waals surface area contributed by atoms with Gasteiger partial charge in [-0.05, 0) is 55.3 Å². The second-order valence-electron chi connectivity index (χ2n) is 8.12. The number of likely N-dealkylation sites (N-methyl/N-ethyl adjacent to an activating group) is 1. The van der Waals surface area contributed by atoms with Gasteiger partial charge >= 0.3 is 6.03 Å². The monoisotopic (exact) mass is 405 g/mol. The molecule has 0 saturated carbocycles. The summed E-state index contributed by atoms with van der Waals surface area (Å²) >= 11 is 0. The fourth-order valence-electron chi connectivity index (χ4n) is 4.89. The van der Waals surface area contributed by atoms with Crippen molar-refractivity contribution in [1.82, 2.24) is 14.8 Å². The van der Waals surface area contributed by atoms with Gasteiger partial charge in [-0.25, -0.2) is 4.79 Å². The van der Waals surface area contributed by atoms with Crippen LogP contribution in [0.15, 0.2) is 42.5 Å². The number of amides is 3. The van der Waals surface area contributed by atoms with E-state index in [1.165, 1.54) is 11.9 Å². The second-order valence-corrected chi connectivity index (χ2v) is 8.12. The number of imide groups is 1. The molecule has 1 saturated heterocycles. The first-order chi connectivity index (χ1) is 14.3. The first-order valence-electron chi connectivity index (χ1n) is 10.0. The minimum atomic E-state index is -1.01. The highest BCUT2D eigenvalue weighted by Gasteiger charge is 2.59. The van der Waals surface area contributed by atoms with Gasteiger partial charge in [-0.2, -0.15) is 0 Å². The summed E-state index contributed by atoms with van der Waals surface area (Å²) in [5.74, 6) is 0.653. The van der Waals surface area contributed by atoms with Crippen molar-refractivity contribution in [3.63, 3.8) is 0 Å². The molecular weight excluding hydrogens is 382 g/mol. The van der Waals surface area contributed by atoms with E-state index in [-0.39, 0.29) is 17.7 Å². The molecule has 0 radical (unpaired) electrons. The quantitative estimate of drug-likeness (QED) is 0.653. The normalized spacial score (nSPS) is 23.1. The molecule has 2 aromatic carbocycles. The van der Waals surface area contributed by atoms with E-state index in [1.54, 1.807) is 23.1 Å². The molecule has 5 rings (SSSR count). The standard InChI is InChI=1S/C23H23N3O4/c1-4-30-15-8-9-18-16(11-15)17-12-23(2)21(28)25(3)22(29)26(23)20(19(17)24-18)13-6-5-7-14(27)10-13/h5-11,20,24,27H,4,12H2,1-3H3/t20-,23+/m1/s1. The predicted octanol–water partition coefficient (Wildman–Crippen LogP) is 3.57. The molecule has 7 nitrogen and oxygen atoms in total. The molecule has 0 spiro atoms. The van der Waals surface area contributed by atoms with Gasteiger partial charge in [0, 0.05) is 30.1 Å². The third-order valence-electron chi connectivity index (χ3n) is 6.25. The maximum absolute atomic E-state index is 13.1. The van der Waals surface area contributed by atoms with Crippen LogP contribution in [0.5, 0.6) is 11.5 Å². The van der Waals surface area contributed by atoms with Crippen molar-refractivity contribution in [2.75, 3.05) is 13.7 Å². The maximum Gasteiger partial charge on any atom is 0.328 e. The van der Waals surface area contributed by atoms with Crippen molar-refractivity contribution >= 4 is 22.8 Å². The number of H-pyrrole nitrogens is 1. The number of rotatable bonds is 3. The molecule has 0 unspecified atom stereocenters. The maximum atomic E-state index is 13.1. The topological polar surface area (TPSA) is 85.9 Å². The Balaban J connectivity index is 1.79. The summed E-state index contributed by atoms with van der Waals surface area (Å²) in [6.07, 6.45) is 0.405. The van der Waals surface area contributed by atoms with E-state index in [4.69, 9.17) is 4.74 Å². The Kier molecular flexibility index (Phi) is 3.87. The van der Waals surface area contributed by atoms with Crippen LogP contribution < -0.4 is 4.74 Å². The number of aromatic nitrogens is 1. The summed E-state index contributed by atoms with van der Waals surface area (Å²) < 4.78 is 5.68. The number of urea groups is 1. The average Bonchev–Trinajstić information content (AvgIpc) is 3.15. The number of fused-ring (bicyclic) bond motifs is 4. The number of nitrogens with one attached hydrogen (secondary N) is 1. The fraction of sp³-hybridized carbons (Fsp3) is 0.304. The van der Waals surface area contributed by atoms with Crippen molar-refractivity contribution in [2.45, 2.75) is 31.8 Å². The molecule has 2 aliphatic heterocycles. The minimum absolute atomic E-state index is 0.113. The Morgan fingerprint density at radius 1 is 1.23 bits per heavy atom. The average molecular weight is 405 g/mol. The van der Waals surface area contributed by atoms with Crippen LogP contribution in [0.3, 0.4) is 0 Å². The van der Waals surface area contributed by atoms with Gasteiger partial charge in [-0.1, -0.05) is 12.1 Å². The molecule has 0 aliphatic carbocycles. The molecule has 2 N–H and O–H groups in total. The molecule has 3 amide bonds. The van der Waals surface area contributed by atoms with Crippen LogP contribution in [0, 0.1) is 0 Å². The van der Waals surface area contributed by atoms with Gasteiger partial charge in [0.15, 0.2) is 0 Å². The molecule has 30 heavy (non-hydrogen) atoms. The SMILES string of the molecule is CCOc1ccc2[nH]c3c(c2c1)C[C@@]1(C)C(=O)N(C)C(=O)N1[C@@H]3c1cccc(O)c1. The van der Waals surface area contributed by atoms with E-state index in [0.717, 1.165) is 33.5 Å². The molecule has 3 aromatic rings. The third-order valence-corrected chi connectivity index (χ3v) is 6.25. The van der Waals surface area contributed by atoms with Crippen LogP contribution in [0.2, 0.25) is 0 Å². The molecule has 1 aromatic heterocycles. The summed E-state index contributed by atoms with van der Waals surface area (Å²) in [5.41, 5.74) is 2.52. The number of carbonyl (C=O) groups is 2. The van der Waals surface area contributed by atoms with Gasteiger partial charge in [-0.15, -0.1) is 0 Å². The zero-order valence-corrected chi connectivity index (χ0v) is 17.1. The summed E-state index contributed by atoms with van der Waals surface area (Å²) in [6, 6.07) is 11.8. The van der Waals surface area contributed by atoms with E-state index in [2.05, 4.69) is 4.98 Å². The molecular formula is C23H23N3O4. The van der Waals surface area contributed by atoms with E-state index in [9.17, 15) is 14.7 Å². The van der Waals surface area contributed by atoms with Crippen LogP contribution in [0.25, 0.3) is 10.9 Å². The van der Waals surface area contributed by atoms with Crippen LogP contribution >= 0.6 is 0 Å². The zero-order chi connectivity index (χ0) is 21.2. The number of aromatic amines is 1. The highest BCUT2D eigenvalue weighted by atomic mass is 16.5. The number of nitrogens with zero attached hydrogens (tertiary/aromatic N) is 2. The summed E-state index contributed by atoms with van der Waals surface area (Å²) in [6.45, 7) is 4.32. The minimum Gasteiger partial charge on any atom is -0.508 e. The number of phenolic OH excluding ortho intramolecular Hbond substituents is 1.